The van der Waals surface area contributed by atoms with Crippen molar-refractivity contribution in [3.8, 4) is 17.1 Å². The van der Waals surface area contributed by atoms with Crippen LogP contribution in [0.1, 0.15) is 37.8 Å². The maximum Gasteiger partial charge on any atom is 0.258 e. The number of thiocarbonyl (C=S) groups is 1. The number of allylic oxidation sites excluding steroid dienone is 1. The van der Waals surface area contributed by atoms with Gasteiger partial charge in [0.15, 0.2) is 5.11 Å². The van der Waals surface area contributed by atoms with Crippen LogP contribution in [0.25, 0.3) is 17.0 Å². The number of hydrogen-bond acceptors (Lipinski definition) is 5. The van der Waals surface area contributed by atoms with Gasteiger partial charge in [0.25, 0.3) is 5.89 Å². The van der Waals surface area contributed by atoms with Gasteiger partial charge < -0.3 is 19.5 Å². The van der Waals surface area contributed by atoms with E-state index in [1.165, 1.54) is 0 Å². The minimum absolute atomic E-state index is 0.218. The van der Waals surface area contributed by atoms with Crippen LogP contribution in [0.3, 0.4) is 0 Å². The molecule has 1 aliphatic heterocycles. The van der Waals surface area contributed by atoms with Crippen molar-refractivity contribution < 1.29 is 9.26 Å². The Morgan fingerprint density at radius 1 is 1.17 bits per heavy atom. The van der Waals surface area contributed by atoms with Crippen LogP contribution in [0.5, 0.6) is 5.75 Å². The fourth-order valence-corrected chi connectivity index (χ4v) is 4.01. The number of nitrogens with zero attached hydrogens (tertiary/aromatic N) is 3. The maximum absolute atomic E-state index is 5.74. The number of benzene rings is 2. The molecule has 7 heteroatoms. The van der Waals surface area contributed by atoms with E-state index in [9.17, 15) is 0 Å². The standard InChI is InChI=1S/C23H24N4O2S/c1-4-13-27-15(2)19(22-25-21(26-29-22)16-9-6-5-7-10-16)20(24-23(27)30)17-11-8-12-18(14-17)28-3/h5-12,14,20H,4,13H2,1-3H3,(H,24,30). The van der Waals surface area contributed by atoms with E-state index < -0.39 is 0 Å². The molecule has 0 saturated carbocycles. The molecule has 0 bridgehead atoms. The minimum atomic E-state index is -0.218. The van der Waals surface area contributed by atoms with Crippen LogP contribution in [-0.4, -0.2) is 33.8 Å². The molecule has 154 valence electrons. The van der Waals surface area contributed by atoms with Crippen LogP contribution in [0.4, 0.5) is 0 Å². The third kappa shape index (κ3) is 3.80. The minimum Gasteiger partial charge on any atom is -0.497 e. The van der Waals surface area contributed by atoms with Crippen LogP contribution in [0, 0.1) is 0 Å². The quantitative estimate of drug-likeness (QED) is 0.574. The first-order valence-electron chi connectivity index (χ1n) is 9.94. The van der Waals surface area contributed by atoms with E-state index in [2.05, 4.69) is 29.2 Å². The second-order valence-electron chi connectivity index (χ2n) is 7.10. The molecule has 1 aromatic heterocycles. The Balaban J connectivity index is 1.82. The van der Waals surface area contributed by atoms with Crippen molar-refractivity contribution in [1.82, 2.24) is 20.4 Å². The highest BCUT2D eigenvalue weighted by Crippen LogP contribution is 2.38. The van der Waals surface area contributed by atoms with Gasteiger partial charge in [0, 0.05) is 17.8 Å². The monoisotopic (exact) mass is 420 g/mol. The van der Waals surface area contributed by atoms with Gasteiger partial charge in [-0.1, -0.05) is 54.5 Å². The van der Waals surface area contributed by atoms with Crippen molar-refractivity contribution in [1.29, 1.82) is 0 Å². The molecule has 0 saturated heterocycles. The first-order valence-corrected chi connectivity index (χ1v) is 10.4. The van der Waals surface area contributed by atoms with Gasteiger partial charge >= 0.3 is 0 Å². The zero-order chi connectivity index (χ0) is 21.1. The third-order valence-electron chi connectivity index (χ3n) is 5.16. The van der Waals surface area contributed by atoms with E-state index in [1.807, 2.05) is 54.6 Å². The maximum atomic E-state index is 5.74. The van der Waals surface area contributed by atoms with Crippen molar-refractivity contribution in [2.45, 2.75) is 26.3 Å². The van der Waals surface area contributed by atoms with Gasteiger partial charge in [-0.3, -0.25) is 0 Å². The molecule has 1 aliphatic rings. The summed E-state index contributed by atoms with van der Waals surface area (Å²) < 4.78 is 11.2. The van der Waals surface area contributed by atoms with Crippen LogP contribution in [-0.2, 0) is 0 Å². The first-order chi connectivity index (χ1) is 14.6. The molecule has 6 nitrogen and oxygen atoms in total. The molecule has 0 amide bonds. The van der Waals surface area contributed by atoms with Crippen molar-refractivity contribution in [3.05, 3.63) is 71.7 Å². The summed E-state index contributed by atoms with van der Waals surface area (Å²) in [5.41, 5.74) is 3.85. The molecule has 1 atom stereocenters. The largest absolute Gasteiger partial charge is 0.497 e. The van der Waals surface area contributed by atoms with E-state index in [-0.39, 0.29) is 6.04 Å². The fourth-order valence-electron chi connectivity index (χ4n) is 3.66. The lowest BCUT2D eigenvalue weighted by Gasteiger charge is -2.37. The van der Waals surface area contributed by atoms with E-state index >= 15 is 0 Å². The lowest BCUT2D eigenvalue weighted by Crippen LogP contribution is -2.46. The Labute approximate surface area is 181 Å². The second-order valence-corrected chi connectivity index (χ2v) is 7.49. The number of rotatable bonds is 6. The van der Waals surface area contributed by atoms with Crippen LogP contribution in [0.15, 0.2) is 64.8 Å². The Bertz CT molecular complexity index is 1080. The number of aromatic nitrogens is 2. The molecule has 30 heavy (non-hydrogen) atoms. The normalized spacial score (nSPS) is 16.6. The lowest BCUT2D eigenvalue weighted by molar-refractivity contribution is 0.396. The first kappa shape index (κ1) is 20.1. The van der Waals surface area contributed by atoms with Gasteiger partial charge in [-0.25, -0.2) is 0 Å². The molecule has 0 spiro atoms. The summed E-state index contributed by atoms with van der Waals surface area (Å²) in [4.78, 5) is 6.81. The van der Waals surface area contributed by atoms with Gasteiger partial charge in [0.1, 0.15) is 5.75 Å². The molecule has 1 unspecified atom stereocenters. The average molecular weight is 421 g/mol. The van der Waals surface area contributed by atoms with E-state index in [1.54, 1.807) is 7.11 Å². The summed E-state index contributed by atoms with van der Waals surface area (Å²) >= 11 is 5.68. The Kier molecular flexibility index (Phi) is 5.81. The third-order valence-corrected chi connectivity index (χ3v) is 5.50. The Hall–Kier alpha value is -3.19. The SMILES string of the molecule is CCCN1C(=S)NC(c2cccc(OC)c2)C(c2nc(-c3ccccc3)no2)=C1C. The Morgan fingerprint density at radius 3 is 2.70 bits per heavy atom. The Morgan fingerprint density at radius 2 is 1.97 bits per heavy atom. The van der Waals surface area contributed by atoms with Crippen molar-refractivity contribution in [3.63, 3.8) is 0 Å². The number of methoxy groups -OCH3 is 1. The number of ether oxygens (including phenoxy) is 1. The summed E-state index contributed by atoms with van der Waals surface area (Å²) in [6.45, 7) is 4.99. The molecule has 1 N–H and O–H groups in total. The summed E-state index contributed by atoms with van der Waals surface area (Å²) in [6, 6.07) is 17.5. The van der Waals surface area contributed by atoms with Crippen molar-refractivity contribution in [2.24, 2.45) is 0 Å². The number of nitrogens with one attached hydrogen (secondary N) is 1. The van der Waals surface area contributed by atoms with E-state index in [0.717, 1.165) is 41.1 Å². The van der Waals surface area contributed by atoms with Gasteiger partial charge in [0.2, 0.25) is 5.82 Å². The molecule has 2 heterocycles. The summed E-state index contributed by atoms with van der Waals surface area (Å²) in [7, 11) is 1.66. The van der Waals surface area contributed by atoms with Gasteiger partial charge in [0.05, 0.1) is 18.7 Å². The molecule has 0 aliphatic carbocycles. The summed E-state index contributed by atoms with van der Waals surface area (Å²) in [5.74, 6) is 1.82. The van der Waals surface area contributed by atoms with Crippen LogP contribution in [0.2, 0.25) is 0 Å². The second kappa shape index (κ2) is 8.67. The molecule has 2 aromatic carbocycles. The summed E-state index contributed by atoms with van der Waals surface area (Å²) in [5, 5.41) is 8.38. The van der Waals surface area contributed by atoms with E-state index in [4.69, 9.17) is 26.5 Å². The van der Waals surface area contributed by atoms with Crippen molar-refractivity contribution in [2.75, 3.05) is 13.7 Å². The highest BCUT2D eigenvalue weighted by molar-refractivity contribution is 7.80. The zero-order valence-corrected chi connectivity index (χ0v) is 18.1. The molecular weight excluding hydrogens is 396 g/mol. The van der Waals surface area contributed by atoms with Gasteiger partial charge in [-0.05, 0) is 43.3 Å². The number of hydrogen-bond donors (Lipinski definition) is 1. The predicted octanol–water partition coefficient (Wildman–Crippen LogP) is 4.82. The molecule has 4 rings (SSSR count). The highest BCUT2D eigenvalue weighted by atomic mass is 32.1. The highest BCUT2D eigenvalue weighted by Gasteiger charge is 2.33. The van der Waals surface area contributed by atoms with Crippen LogP contribution < -0.4 is 10.1 Å². The molecule has 3 aromatic rings. The average Bonchev–Trinajstić information content (AvgIpc) is 3.26. The summed E-state index contributed by atoms with van der Waals surface area (Å²) in [6.07, 6.45) is 0.968. The van der Waals surface area contributed by atoms with Crippen LogP contribution >= 0.6 is 12.2 Å². The molecular formula is C23H24N4O2S. The fraction of sp³-hybridized carbons (Fsp3) is 0.261. The van der Waals surface area contributed by atoms with E-state index in [0.29, 0.717) is 16.8 Å². The van der Waals surface area contributed by atoms with Gasteiger partial charge in [-0.2, -0.15) is 4.98 Å². The van der Waals surface area contributed by atoms with Crippen molar-refractivity contribution >= 4 is 22.9 Å². The zero-order valence-electron chi connectivity index (χ0n) is 17.3. The van der Waals surface area contributed by atoms with Gasteiger partial charge in [-0.15, -0.1) is 0 Å². The smallest absolute Gasteiger partial charge is 0.258 e. The topological polar surface area (TPSA) is 63.4 Å². The molecule has 0 fully saturated rings. The molecule has 0 radical (unpaired) electrons. The lowest BCUT2D eigenvalue weighted by atomic mass is 9.94. The predicted molar refractivity (Wildman–Crippen MR) is 121 cm³/mol.